The van der Waals surface area contributed by atoms with Gasteiger partial charge in [-0.1, -0.05) is 0 Å². The summed E-state index contributed by atoms with van der Waals surface area (Å²) in [5.41, 5.74) is 8.78. The maximum atomic E-state index is 5.67. The first kappa shape index (κ1) is 11.9. The first-order chi connectivity index (χ1) is 9.28. The first-order valence-corrected chi connectivity index (χ1v) is 6.52. The molecule has 0 spiro atoms. The molecule has 0 bridgehead atoms. The second-order valence-corrected chi connectivity index (χ2v) is 4.79. The molecule has 3 rings (SSSR count). The number of nitrogen functional groups attached to an aromatic ring is 1. The van der Waals surface area contributed by atoms with Gasteiger partial charge in [0.05, 0.1) is 12.8 Å². The number of H-pyrrole nitrogens is 1. The van der Waals surface area contributed by atoms with E-state index in [2.05, 4.69) is 27.2 Å². The lowest BCUT2D eigenvalue weighted by Crippen LogP contribution is -2.17. The van der Waals surface area contributed by atoms with Gasteiger partial charge < -0.3 is 15.4 Å². The fourth-order valence-corrected chi connectivity index (χ4v) is 2.55. The third-order valence-corrected chi connectivity index (χ3v) is 3.54. The summed E-state index contributed by atoms with van der Waals surface area (Å²) in [5, 5.41) is 6.92. The topological polar surface area (TPSA) is 67.2 Å². The van der Waals surface area contributed by atoms with E-state index in [0.717, 1.165) is 30.1 Å². The van der Waals surface area contributed by atoms with Crippen LogP contribution < -0.4 is 15.4 Å². The SMILES string of the molecule is COc1ccc(N2CCCC2)cc1-c1cc(N)n[nH]1. The predicted octanol–water partition coefficient (Wildman–Crippen LogP) is 2.27. The zero-order valence-corrected chi connectivity index (χ0v) is 11.0. The number of nitrogens with zero attached hydrogens (tertiary/aromatic N) is 2. The number of nitrogens with two attached hydrogens (primary N) is 1. The molecule has 1 aliphatic rings. The molecule has 0 unspecified atom stereocenters. The molecule has 0 saturated carbocycles. The molecule has 5 heteroatoms. The van der Waals surface area contributed by atoms with Crippen molar-refractivity contribution in [3.63, 3.8) is 0 Å². The number of aromatic nitrogens is 2. The summed E-state index contributed by atoms with van der Waals surface area (Å²) in [4.78, 5) is 2.39. The van der Waals surface area contributed by atoms with Gasteiger partial charge in [-0.2, -0.15) is 5.10 Å². The number of hydrogen-bond donors (Lipinski definition) is 2. The number of methoxy groups -OCH3 is 1. The van der Waals surface area contributed by atoms with Crippen molar-refractivity contribution in [2.24, 2.45) is 0 Å². The molecule has 0 atom stereocenters. The van der Waals surface area contributed by atoms with Crippen LogP contribution in [0.15, 0.2) is 24.3 Å². The number of anilines is 2. The highest BCUT2D eigenvalue weighted by molar-refractivity contribution is 5.73. The van der Waals surface area contributed by atoms with Gasteiger partial charge in [-0.15, -0.1) is 0 Å². The average Bonchev–Trinajstić information content (AvgIpc) is 3.09. The highest BCUT2D eigenvalue weighted by Gasteiger charge is 2.15. The van der Waals surface area contributed by atoms with Gasteiger partial charge in [0.15, 0.2) is 0 Å². The van der Waals surface area contributed by atoms with Crippen molar-refractivity contribution >= 4 is 11.5 Å². The molecule has 5 nitrogen and oxygen atoms in total. The van der Waals surface area contributed by atoms with Crippen molar-refractivity contribution in [1.82, 2.24) is 10.2 Å². The van der Waals surface area contributed by atoms with Crippen LogP contribution >= 0.6 is 0 Å². The Morgan fingerprint density at radius 1 is 1.26 bits per heavy atom. The summed E-state index contributed by atoms with van der Waals surface area (Å²) in [6.45, 7) is 2.24. The van der Waals surface area contributed by atoms with Crippen LogP contribution in [-0.2, 0) is 0 Å². The van der Waals surface area contributed by atoms with Gasteiger partial charge in [0, 0.05) is 30.4 Å². The van der Waals surface area contributed by atoms with Crippen LogP contribution in [0.1, 0.15) is 12.8 Å². The number of benzene rings is 1. The van der Waals surface area contributed by atoms with Crippen molar-refractivity contribution in [2.75, 3.05) is 30.8 Å². The maximum Gasteiger partial charge on any atom is 0.145 e. The van der Waals surface area contributed by atoms with Crippen LogP contribution in [0.4, 0.5) is 11.5 Å². The fraction of sp³-hybridized carbons (Fsp3) is 0.357. The molecule has 2 aromatic rings. The van der Waals surface area contributed by atoms with Gasteiger partial charge in [0.2, 0.25) is 0 Å². The summed E-state index contributed by atoms with van der Waals surface area (Å²) in [6, 6.07) is 8.07. The highest BCUT2D eigenvalue weighted by Crippen LogP contribution is 2.34. The van der Waals surface area contributed by atoms with Crippen molar-refractivity contribution in [1.29, 1.82) is 0 Å². The van der Waals surface area contributed by atoms with Gasteiger partial charge >= 0.3 is 0 Å². The van der Waals surface area contributed by atoms with Gasteiger partial charge in [-0.25, -0.2) is 0 Å². The van der Waals surface area contributed by atoms with Gasteiger partial charge in [-0.3, -0.25) is 5.10 Å². The number of aromatic amines is 1. The lowest BCUT2D eigenvalue weighted by molar-refractivity contribution is 0.416. The lowest BCUT2D eigenvalue weighted by Gasteiger charge is -2.19. The van der Waals surface area contributed by atoms with E-state index in [1.54, 1.807) is 7.11 Å². The maximum absolute atomic E-state index is 5.67. The van der Waals surface area contributed by atoms with E-state index >= 15 is 0 Å². The van der Waals surface area contributed by atoms with Crippen LogP contribution in [-0.4, -0.2) is 30.4 Å². The molecule has 1 saturated heterocycles. The van der Waals surface area contributed by atoms with Crippen molar-refractivity contribution in [2.45, 2.75) is 12.8 Å². The number of nitrogens with one attached hydrogen (secondary N) is 1. The minimum atomic E-state index is 0.489. The predicted molar refractivity (Wildman–Crippen MR) is 76.4 cm³/mol. The van der Waals surface area contributed by atoms with E-state index in [0.29, 0.717) is 5.82 Å². The number of hydrogen-bond acceptors (Lipinski definition) is 4. The Kier molecular flexibility index (Phi) is 3.03. The zero-order chi connectivity index (χ0) is 13.2. The quantitative estimate of drug-likeness (QED) is 0.886. The van der Waals surface area contributed by atoms with Crippen LogP contribution in [0.3, 0.4) is 0 Å². The third kappa shape index (κ3) is 2.23. The Hall–Kier alpha value is -2.17. The van der Waals surface area contributed by atoms with E-state index in [1.807, 2.05) is 12.1 Å². The average molecular weight is 258 g/mol. The van der Waals surface area contributed by atoms with Gasteiger partial charge in [0.1, 0.15) is 11.6 Å². The van der Waals surface area contributed by atoms with Crippen LogP contribution in [0.2, 0.25) is 0 Å². The standard InChI is InChI=1S/C14H18N4O/c1-19-13-5-4-10(18-6-2-3-7-18)8-11(13)12-9-14(15)17-16-12/h4-5,8-9H,2-3,6-7H2,1H3,(H3,15,16,17). The molecule has 19 heavy (non-hydrogen) atoms. The molecule has 1 aromatic carbocycles. The Bertz CT molecular complexity index is 573. The molecule has 3 N–H and O–H groups in total. The van der Waals surface area contributed by atoms with Crippen LogP contribution in [0.5, 0.6) is 5.75 Å². The van der Waals surface area contributed by atoms with Crippen LogP contribution in [0, 0.1) is 0 Å². The zero-order valence-electron chi connectivity index (χ0n) is 11.0. The Balaban J connectivity index is 2.02. The van der Waals surface area contributed by atoms with E-state index in [4.69, 9.17) is 10.5 Å². The summed E-state index contributed by atoms with van der Waals surface area (Å²) in [7, 11) is 1.67. The van der Waals surface area contributed by atoms with E-state index < -0.39 is 0 Å². The largest absolute Gasteiger partial charge is 0.496 e. The minimum absolute atomic E-state index is 0.489. The monoisotopic (exact) mass is 258 g/mol. The van der Waals surface area contributed by atoms with Crippen molar-refractivity contribution < 1.29 is 4.74 Å². The first-order valence-electron chi connectivity index (χ1n) is 6.52. The second kappa shape index (κ2) is 4.84. The van der Waals surface area contributed by atoms with Crippen LogP contribution in [0.25, 0.3) is 11.3 Å². The number of ether oxygens (including phenoxy) is 1. The molecule has 2 heterocycles. The summed E-state index contributed by atoms with van der Waals surface area (Å²) in [5.74, 6) is 1.32. The normalized spacial score (nSPS) is 14.9. The van der Waals surface area contributed by atoms with E-state index in [-0.39, 0.29) is 0 Å². The fourth-order valence-electron chi connectivity index (χ4n) is 2.55. The molecule has 0 amide bonds. The molecule has 1 fully saturated rings. The van der Waals surface area contributed by atoms with E-state index in [1.165, 1.54) is 18.5 Å². The van der Waals surface area contributed by atoms with Gasteiger partial charge in [0.25, 0.3) is 0 Å². The third-order valence-electron chi connectivity index (χ3n) is 3.54. The molecule has 1 aliphatic heterocycles. The number of rotatable bonds is 3. The second-order valence-electron chi connectivity index (χ2n) is 4.79. The molecular formula is C14H18N4O. The lowest BCUT2D eigenvalue weighted by atomic mass is 10.1. The molecular weight excluding hydrogens is 240 g/mol. The summed E-state index contributed by atoms with van der Waals surface area (Å²) in [6.07, 6.45) is 2.52. The highest BCUT2D eigenvalue weighted by atomic mass is 16.5. The Morgan fingerprint density at radius 3 is 2.68 bits per heavy atom. The molecule has 0 aliphatic carbocycles. The van der Waals surface area contributed by atoms with Gasteiger partial charge in [-0.05, 0) is 31.0 Å². The molecule has 1 aromatic heterocycles. The molecule has 100 valence electrons. The Morgan fingerprint density at radius 2 is 2.05 bits per heavy atom. The molecule has 0 radical (unpaired) electrons. The summed E-state index contributed by atoms with van der Waals surface area (Å²) >= 11 is 0. The smallest absolute Gasteiger partial charge is 0.145 e. The minimum Gasteiger partial charge on any atom is -0.496 e. The van der Waals surface area contributed by atoms with E-state index in [9.17, 15) is 0 Å². The Labute approximate surface area is 112 Å². The summed E-state index contributed by atoms with van der Waals surface area (Å²) < 4.78 is 5.42. The van der Waals surface area contributed by atoms with Crippen molar-refractivity contribution in [3.8, 4) is 17.0 Å². The van der Waals surface area contributed by atoms with Crippen molar-refractivity contribution in [3.05, 3.63) is 24.3 Å².